The second kappa shape index (κ2) is 2.35. The van der Waals surface area contributed by atoms with Gasteiger partial charge in [0.15, 0.2) is 0 Å². The third-order valence-corrected chi connectivity index (χ3v) is 3.11. The van der Waals surface area contributed by atoms with Crippen LogP contribution in [0.3, 0.4) is 0 Å². The van der Waals surface area contributed by atoms with Crippen LogP contribution in [-0.4, -0.2) is 19.0 Å². The Kier molecular flexibility index (Phi) is 1.92. The van der Waals surface area contributed by atoms with Gasteiger partial charge in [0.05, 0.1) is 5.75 Å². The zero-order chi connectivity index (χ0) is 6.15. The molecule has 0 radical (unpaired) electrons. The molecule has 4 heteroatoms. The summed E-state index contributed by atoms with van der Waals surface area (Å²) in [6.45, 7) is 0. The Morgan fingerprint density at radius 1 is 1.62 bits per heavy atom. The van der Waals surface area contributed by atoms with Crippen LogP contribution in [0.1, 0.15) is 6.42 Å². The van der Waals surface area contributed by atoms with E-state index in [9.17, 15) is 8.42 Å². The molecule has 0 spiro atoms. The molecule has 8 heavy (non-hydrogen) atoms. The molecule has 1 fully saturated rings. The fourth-order valence-electron chi connectivity index (χ4n) is 0.591. The standard InChI is InChI=1S/C4H7BrO2S/c5-4-1-3(4)2-8(6)7/h3-4,8H,1-2H2. The Balaban J connectivity index is 2.23. The predicted octanol–water partition coefficient (Wildman–Crippen LogP) is 0.381. The number of halogens is 1. The van der Waals surface area contributed by atoms with E-state index >= 15 is 0 Å². The molecule has 2 unspecified atom stereocenters. The zero-order valence-corrected chi connectivity index (χ0v) is 6.69. The Morgan fingerprint density at radius 3 is 2.25 bits per heavy atom. The van der Waals surface area contributed by atoms with Crippen LogP contribution < -0.4 is 0 Å². The van der Waals surface area contributed by atoms with Crippen molar-refractivity contribution in [2.24, 2.45) is 5.92 Å². The van der Waals surface area contributed by atoms with Gasteiger partial charge in [0.2, 0.25) is 0 Å². The summed E-state index contributed by atoms with van der Waals surface area (Å²) in [5, 5.41) is 0. The van der Waals surface area contributed by atoms with E-state index < -0.39 is 10.7 Å². The molecule has 1 rings (SSSR count). The first-order valence-corrected chi connectivity index (χ1v) is 4.74. The van der Waals surface area contributed by atoms with Gasteiger partial charge in [-0.05, 0) is 12.3 Å². The van der Waals surface area contributed by atoms with Crippen molar-refractivity contribution in [3.05, 3.63) is 0 Å². The molecule has 0 bridgehead atoms. The van der Waals surface area contributed by atoms with Crippen LogP contribution in [0, 0.1) is 5.92 Å². The van der Waals surface area contributed by atoms with Gasteiger partial charge in [-0.3, -0.25) is 0 Å². The van der Waals surface area contributed by atoms with Gasteiger partial charge in [0.1, 0.15) is 10.7 Å². The molecule has 2 nitrogen and oxygen atoms in total. The van der Waals surface area contributed by atoms with Crippen LogP contribution in [0.4, 0.5) is 0 Å². The Labute approximate surface area is 58.4 Å². The van der Waals surface area contributed by atoms with Crippen molar-refractivity contribution in [3.8, 4) is 0 Å². The van der Waals surface area contributed by atoms with E-state index in [1.54, 1.807) is 0 Å². The van der Waals surface area contributed by atoms with Crippen LogP contribution in [-0.2, 0) is 10.7 Å². The van der Waals surface area contributed by atoms with Gasteiger partial charge in [-0.25, -0.2) is 8.42 Å². The molecule has 48 valence electrons. The number of hydrogen-bond donors (Lipinski definition) is 1. The highest BCUT2D eigenvalue weighted by atomic mass is 79.9. The maximum absolute atomic E-state index is 10.0. The van der Waals surface area contributed by atoms with E-state index in [0.29, 0.717) is 16.5 Å². The number of thiol groups is 1. The Hall–Kier alpha value is 0.430. The van der Waals surface area contributed by atoms with E-state index in [2.05, 4.69) is 15.9 Å². The van der Waals surface area contributed by atoms with Crippen LogP contribution >= 0.6 is 15.9 Å². The van der Waals surface area contributed by atoms with E-state index in [0.717, 1.165) is 6.42 Å². The van der Waals surface area contributed by atoms with Crippen LogP contribution in [0.15, 0.2) is 0 Å². The molecule has 0 saturated heterocycles. The minimum Gasteiger partial charge on any atom is -0.232 e. The number of alkyl halides is 1. The lowest BCUT2D eigenvalue weighted by molar-refractivity contribution is 0.611. The fourth-order valence-corrected chi connectivity index (χ4v) is 2.33. The highest BCUT2D eigenvalue weighted by molar-refractivity contribution is 9.09. The third-order valence-electron chi connectivity index (χ3n) is 1.22. The Bertz CT molecular complexity index is 146. The van der Waals surface area contributed by atoms with Crippen molar-refractivity contribution in [1.82, 2.24) is 0 Å². The van der Waals surface area contributed by atoms with E-state index in [1.807, 2.05) is 0 Å². The molecule has 0 N–H and O–H groups in total. The second-order valence-electron chi connectivity index (χ2n) is 2.03. The number of rotatable bonds is 2. The van der Waals surface area contributed by atoms with Gasteiger partial charge in [0.25, 0.3) is 0 Å². The average molecular weight is 199 g/mol. The van der Waals surface area contributed by atoms with Crippen molar-refractivity contribution in [2.75, 3.05) is 5.75 Å². The summed E-state index contributed by atoms with van der Waals surface area (Å²) in [7, 11) is -2.13. The first kappa shape index (κ1) is 6.55. The molecular weight excluding hydrogens is 192 g/mol. The average Bonchev–Trinajstić information content (AvgIpc) is 2.17. The smallest absolute Gasteiger partial charge is 0.140 e. The molecule has 1 aliphatic carbocycles. The molecule has 0 aromatic rings. The van der Waals surface area contributed by atoms with Crippen molar-refractivity contribution in [2.45, 2.75) is 11.2 Å². The largest absolute Gasteiger partial charge is 0.232 e. The van der Waals surface area contributed by atoms with Crippen molar-refractivity contribution < 1.29 is 8.42 Å². The molecule has 0 amide bonds. The maximum Gasteiger partial charge on any atom is 0.140 e. The molecule has 0 heterocycles. The highest BCUT2D eigenvalue weighted by Crippen LogP contribution is 2.37. The summed E-state index contributed by atoms with van der Waals surface area (Å²) < 4.78 is 20.0. The Morgan fingerprint density at radius 2 is 2.12 bits per heavy atom. The van der Waals surface area contributed by atoms with Gasteiger partial charge in [-0.2, -0.15) is 0 Å². The number of hydrogen-bond acceptors (Lipinski definition) is 2. The maximum atomic E-state index is 10.0. The van der Waals surface area contributed by atoms with Gasteiger partial charge in [-0.15, -0.1) is 0 Å². The molecule has 2 atom stereocenters. The predicted molar refractivity (Wildman–Crippen MR) is 36.0 cm³/mol. The molecule has 0 aromatic heterocycles. The van der Waals surface area contributed by atoms with Gasteiger partial charge < -0.3 is 0 Å². The lowest BCUT2D eigenvalue weighted by atomic mass is 10.5. The van der Waals surface area contributed by atoms with E-state index in [1.165, 1.54) is 0 Å². The fraction of sp³-hybridized carbons (Fsp3) is 1.00. The summed E-state index contributed by atoms with van der Waals surface area (Å²) in [6.07, 6.45) is 1.03. The SMILES string of the molecule is O=[SH](=O)CC1CC1Br. The molecule has 0 aliphatic heterocycles. The van der Waals surface area contributed by atoms with Crippen LogP contribution in [0.2, 0.25) is 0 Å². The first-order valence-electron chi connectivity index (χ1n) is 2.46. The molecule has 1 saturated carbocycles. The molecular formula is C4H7BrO2S. The molecule has 0 aromatic carbocycles. The van der Waals surface area contributed by atoms with E-state index in [4.69, 9.17) is 0 Å². The summed E-state index contributed by atoms with van der Waals surface area (Å²) in [5.74, 6) is 0.779. The minimum atomic E-state index is -2.13. The van der Waals surface area contributed by atoms with Crippen LogP contribution in [0.25, 0.3) is 0 Å². The third kappa shape index (κ3) is 1.74. The summed E-state index contributed by atoms with van der Waals surface area (Å²) >= 11 is 3.31. The van der Waals surface area contributed by atoms with Crippen molar-refractivity contribution in [1.29, 1.82) is 0 Å². The highest BCUT2D eigenvalue weighted by Gasteiger charge is 2.34. The first-order chi connectivity index (χ1) is 3.70. The summed E-state index contributed by atoms with van der Waals surface area (Å²) in [5.41, 5.74) is 0. The van der Waals surface area contributed by atoms with Gasteiger partial charge in [-0.1, -0.05) is 15.9 Å². The lowest BCUT2D eigenvalue weighted by Crippen LogP contribution is -1.90. The quantitative estimate of drug-likeness (QED) is 0.515. The van der Waals surface area contributed by atoms with E-state index in [-0.39, 0.29) is 0 Å². The normalized spacial score (nSPS) is 35.8. The minimum absolute atomic E-state index is 0.366. The van der Waals surface area contributed by atoms with Crippen LogP contribution in [0.5, 0.6) is 0 Å². The van der Waals surface area contributed by atoms with Gasteiger partial charge in [0, 0.05) is 4.83 Å². The summed E-state index contributed by atoms with van der Waals surface area (Å²) in [4.78, 5) is 0.482. The summed E-state index contributed by atoms with van der Waals surface area (Å²) in [6, 6.07) is 0. The van der Waals surface area contributed by atoms with Gasteiger partial charge >= 0.3 is 0 Å². The zero-order valence-electron chi connectivity index (χ0n) is 4.21. The molecule has 1 aliphatic rings. The lowest BCUT2D eigenvalue weighted by Gasteiger charge is -1.79. The van der Waals surface area contributed by atoms with Crippen molar-refractivity contribution in [3.63, 3.8) is 0 Å². The second-order valence-corrected chi connectivity index (χ2v) is 4.23. The monoisotopic (exact) mass is 198 g/mol. The topological polar surface area (TPSA) is 34.1 Å². The van der Waals surface area contributed by atoms with Crippen molar-refractivity contribution >= 4 is 26.6 Å².